The van der Waals surface area contributed by atoms with Crippen LogP contribution in [-0.4, -0.2) is 12.0 Å². The first-order valence-corrected chi connectivity index (χ1v) is 5.69. The second-order valence-corrected chi connectivity index (χ2v) is 4.05. The molecule has 0 fully saturated rings. The minimum Gasteiger partial charge on any atom is -0.470 e. The maximum absolute atomic E-state index is 8.33. The van der Waals surface area contributed by atoms with Crippen LogP contribution in [0.25, 0.3) is 0 Å². The molecular formula is C8H9NOS2. The normalized spacial score (nSPS) is 9.67. The van der Waals surface area contributed by atoms with Gasteiger partial charge in [0, 0.05) is 12.2 Å². The van der Waals surface area contributed by atoms with Gasteiger partial charge in [-0.15, -0.1) is 23.5 Å². The highest BCUT2D eigenvalue weighted by molar-refractivity contribution is 8.02. The Morgan fingerprint density at radius 3 is 2.92 bits per heavy atom. The van der Waals surface area contributed by atoms with Crippen molar-refractivity contribution in [3.8, 4) is 6.07 Å². The SMILES string of the molecule is CSc1cocc1SCCC#N. The van der Waals surface area contributed by atoms with Crippen LogP contribution in [0.4, 0.5) is 0 Å². The van der Waals surface area contributed by atoms with Gasteiger partial charge in [-0.05, 0) is 6.26 Å². The van der Waals surface area contributed by atoms with Gasteiger partial charge in [0.1, 0.15) is 12.5 Å². The number of thioether (sulfide) groups is 2. The summed E-state index contributed by atoms with van der Waals surface area (Å²) in [5.74, 6) is 0.837. The molecule has 2 nitrogen and oxygen atoms in total. The zero-order valence-corrected chi connectivity index (χ0v) is 8.37. The Morgan fingerprint density at radius 2 is 2.25 bits per heavy atom. The summed E-state index contributed by atoms with van der Waals surface area (Å²) in [6, 6.07) is 2.11. The van der Waals surface area contributed by atoms with E-state index in [1.54, 1.807) is 36.1 Å². The second kappa shape index (κ2) is 5.18. The average Bonchev–Trinajstić information content (AvgIpc) is 2.52. The Kier molecular flexibility index (Phi) is 4.12. The lowest BCUT2D eigenvalue weighted by atomic mass is 10.6. The molecule has 0 aliphatic carbocycles. The third kappa shape index (κ3) is 2.50. The van der Waals surface area contributed by atoms with Gasteiger partial charge in [0.05, 0.1) is 15.9 Å². The van der Waals surface area contributed by atoms with Gasteiger partial charge in [-0.2, -0.15) is 5.26 Å². The molecule has 1 aromatic heterocycles. The molecule has 1 aromatic rings. The predicted octanol–water partition coefficient (Wildman–Crippen LogP) is 3.01. The fourth-order valence-electron chi connectivity index (χ4n) is 0.734. The average molecular weight is 199 g/mol. The van der Waals surface area contributed by atoms with Crippen molar-refractivity contribution in [1.29, 1.82) is 5.26 Å². The Bertz CT molecular complexity index is 277. The molecule has 0 N–H and O–H groups in total. The van der Waals surface area contributed by atoms with Crippen molar-refractivity contribution in [1.82, 2.24) is 0 Å². The van der Waals surface area contributed by atoms with Crippen molar-refractivity contribution >= 4 is 23.5 Å². The van der Waals surface area contributed by atoms with Crippen molar-refractivity contribution < 1.29 is 4.42 Å². The summed E-state index contributed by atoms with van der Waals surface area (Å²) in [7, 11) is 0. The summed E-state index contributed by atoms with van der Waals surface area (Å²) in [5.41, 5.74) is 0. The molecule has 0 amide bonds. The maximum Gasteiger partial charge on any atom is 0.105 e. The first-order valence-electron chi connectivity index (χ1n) is 3.48. The van der Waals surface area contributed by atoms with Gasteiger partial charge < -0.3 is 4.42 Å². The topological polar surface area (TPSA) is 36.9 Å². The summed E-state index contributed by atoms with van der Waals surface area (Å²) in [5, 5.41) is 8.33. The van der Waals surface area contributed by atoms with Crippen LogP contribution in [0.5, 0.6) is 0 Å². The molecule has 64 valence electrons. The fraction of sp³-hybridized carbons (Fsp3) is 0.375. The molecule has 0 aliphatic rings. The molecule has 1 rings (SSSR count). The van der Waals surface area contributed by atoms with E-state index >= 15 is 0 Å². The Morgan fingerprint density at radius 1 is 1.50 bits per heavy atom. The van der Waals surface area contributed by atoms with Crippen LogP contribution in [0.3, 0.4) is 0 Å². The van der Waals surface area contributed by atoms with E-state index in [1.807, 2.05) is 6.26 Å². The molecule has 0 spiro atoms. The molecule has 0 atom stereocenters. The number of hydrogen-bond acceptors (Lipinski definition) is 4. The molecule has 0 bridgehead atoms. The van der Waals surface area contributed by atoms with Crippen LogP contribution in [0, 0.1) is 11.3 Å². The number of nitriles is 1. The largest absolute Gasteiger partial charge is 0.470 e. The number of hydrogen-bond donors (Lipinski definition) is 0. The quantitative estimate of drug-likeness (QED) is 0.551. The fourth-order valence-corrected chi connectivity index (χ4v) is 2.29. The van der Waals surface area contributed by atoms with Crippen LogP contribution >= 0.6 is 23.5 Å². The van der Waals surface area contributed by atoms with E-state index in [9.17, 15) is 0 Å². The Labute approximate surface area is 80.3 Å². The van der Waals surface area contributed by atoms with Gasteiger partial charge in [0.15, 0.2) is 0 Å². The predicted molar refractivity (Wildman–Crippen MR) is 51.4 cm³/mol. The van der Waals surface area contributed by atoms with Gasteiger partial charge in [0.25, 0.3) is 0 Å². The van der Waals surface area contributed by atoms with E-state index in [-0.39, 0.29) is 0 Å². The van der Waals surface area contributed by atoms with E-state index in [0.29, 0.717) is 6.42 Å². The molecule has 4 heteroatoms. The lowest BCUT2D eigenvalue weighted by molar-refractivity contribution is 0.558. The van der Waals surface area contributed by atoms with Crippen LogP contribution in [0.15, 0.2) is 26.7 Å². The van der Waals surface area contributed by atoms with Gasteiger partial charge in [-0.3, -0.25) is 0 Å². The third-order valence-corrected chi connectivity index (χ3v) is 3.20. The highest BCUT2D eigenvalue weighted by Gasteiger charge is 2.03. The van der Waals surface area contributed by atoms with Crippen molar-refractivity contribution in [2.75, 3.05) is 12.0 Å². The first-order chi connectivity index (χ1) is 5.88. The number of furan rings is 1. The summed E-state index contributed by atoms with van der Waals surface area (Å²) in [4.78, 5) is 2.29. The van der Waals surface area contributed by atoms with Crippen molar-refractivity contribution in [2.24, 2.45) is 0 Å². The molecule has 0 unspecified atom stereocenters. The van der Waals surface area contributed by atoms with E-state index < -0.39 is 0 Å². The van der Waals surface area contributed by atoms with Crippen LogP contribution in [0.2, 0.25) is 0 Å². The zero-order chi connectivity index (χ0) is 8.81. The monoisotopic (exact) mass is 199 g/mol. The Balaban J connectivity index is 2.46. The highest BCUT2D eigenvalue weighted by Crippen LogP contribution is 2.30. The van der Waals surface area contributed by atoms with E-state index in [0.717, 1.165) is 15.5 Å². The van der Waals surface area contributed by atoms with Gasteiger partial charge in [-0.1, -0.05) is 0 Å². The third-order valence-electron chi connectivity index (χ3n) is 1.28. The molecule has 1 heterocycles. The van der Waals surface area contributed by atoms with Gasteiger partial charge >= 0.3 is 0 Å². The number of nitrogens with zero attached hydrogens (tertiary/aromatic N) is 1. The first kappa shape index (κ1) is 9.56. The van der Waals surface area contributed by atoms with Crippen molar-refractivity contribution in [3.63, 3.8) is 0 Å². The smallest absolute Gasteiger partial charge is 0.105 e. The lowest BCUT2D eigenvalue weighted by Crippen LogP contribution is -1.75. The molecular weight excluding hydrogens is 190 g/mol. The zero-order valence-electron chi connectivity index (χ0n) is 6.74. The van der Waals surface area contributed by atoms with Gasteiger partial charge in [-0.25, -0.2) is 0 Å². The van der Waals surface area contributed by atoms with E-state index in [2.05, 4.69) is 6.07 Å². The maximum atomic E-state index is 8.33. The van der Waals surface area contributed by atoms with Crippen LogP contribution in [-0.2, 0) is 0 Å². The Hall–Kier alpha value is -0.530. The van der Waals surface area contributed by atoms with Crippen molar-refractivity contribution in [2.45, 2.75) is 16.2 Å². The van der Waals surface area contributed by atoms with E-state index in [4.69, 9.17) is 9.68 Å². The molecule has 12 heavy (non-hydrogen) atoms. The van der Waals surface area contributed by atoms with Crippen LogP contribution in [0.1, 0.15) is 6.42 Å². The molecule has 0 saturated heterocycles. The molecule has 0 aliphatic heterocycles. The van der Waals surface area contributed by atoms with Crippen LogP contribution < -0.4 is 0 Å². The summed E-state index contributed by atoms with van der Waals surface area (Å²) >= 11 is 3.33. The summed E-state index contributed by atoms with van der Waals surface area (Å²) < 4.78 is 5.04. The lowest BCUT2D eigenvalue weighted by Gasteiger charge is -1.95. The minimum atomic E-state index is 0.587. The summed E-state index contributed by atoms with van der Waals surface area (Å²) in [6.07, 6.45) is 6.07. The number of rotatable bonds is 4. The molecule has 0 aromatic carbocycles. The molecule has 0 radical (unpaired) electrons. The minimum absolute atomic E-state index is 0.587. The molecule has 0 saturated carbocycles. The van der Waals surface area contributed by atoms with E-state index in [1.165, 1.54) is 0 Å². The van der Waals surface area contributed by atoms with Crippen molar-refractivity contribution in [3.05, 3.63) is 12.5 Å². The van der Waals surface area contributed by atoms with Gasteiger partial charge in [0.2, 0.25) is 0 Å². The highest BCUT2D eigenvalue weighted by atomic mass is 32.2. The second-order valence-electron chi connectivity index (χ2n) is 2.06. The standard InChI is InChI=1S/C8H9NOS2/c1-11-7-5-10-6-8(7)12-4-2-3-9/h5-6H,2,4H2,1H3. The summed E-state index contributed by atoms with van der Waals surface area (Å²) in [6.45, 7) is 0.